The van der Waals surface area contributed by atoms with Crippen LogP contribution in [-0.2, 0) is 4.79 Å². The molecule has 1 saturated heterocycles. The summed E-state index contributed by atoms with van der Waals surface area (Å²) in [6, 6.07) is 9.62. The molecular formula is C18H22N4O3. The molecule has 0 saturated carbocycles. The van der Waals surface area contributed by atoms with E-state index in [1.54, 1.807) is 0 Å². The number of aromatic amines is 1. The number of hydrogen-bond acceptors (Lipinski definition) is 5. The first-order chi connectivity index (χ1) is 12.2. The lowest BCUT2D eigenvalue weighted by Gasteiger charge is -2.33. The molecule has 2 aromatic rings. The van der Waals surface area contributed by atoms with Crippen LogP contribution in [0.1, 0.15) is 18.5 Å². The minimum Gasteiger partial charge on any atom is -0.485 e. The van der Waals surface area contributed by atoms with Gasteiger partial charge in [0.25, 0.3) is 5.91 Å². The van der Waals surface area contributed by atoms with Crippen LogP contribution in [-0.4, -0.2) is 47.9 Å². The van der Waals surface area contributed by atoms with Crippen LogP contribution < -0.4 is 19.7 Å². The number of rotatable bonds is 3. The standard InChI is InChI=1S/C18H22N4O3/c1-12-10-17(21-20-12)22-8-6-13(7-9-22)19-18(23)16-11-24-14-4-2-3-5-15(14)25-16/h2-5,10,13,16H,6-9,11H2,1H3,(H,19,23)(H,20,21). The zero-order valence-electron chi connectivity index (χ0n) is 14.2. The number of anilines is 1. The average molecular weight is 342 g/mol. The van der Waals surface area contributed by atoms with Crippen molar-refractivity contribution >= 4 is 11.7 Å². The van der Waals surface area contributed by atoms with Crippen molar-refractivity contribution in [1.29, 1.82) is 0 Å². The van der Waals surface area contributed by atoms with Gasteiger partial charge in [0.1, 0.15) is 6.61 Å². The number of para-hydroxylation sites is 2. The number of benzene rings is 1. The van der Waals surface area contributed by atoms with E-state index in [-0.39, 0.29) is 18.6 Å². The summed E-state index contributed by atoms with van der Waals surface area (Å²) in [4.78, 5) is 14.7. The highest BCUT2D eigenvalue weighted by molar-refractivity contribution is 5.82. The number of ether oxygens (including phenoxy) is 2. The van der Waals surface area contributed by atoms with Crippen LogP contribution in [0.2, 0.25) is 0 Å². The van der Waals surface area contributed by atoms with E-state index in [1.165, 1.54) is 0 Å². The molecule has 2 N–H and O–H groups in total. The lowest BCUT2D eigenvalue weighted by Crippen LogP contribution is -2.51. The molecule has 2 aliphatic rings. The minimum atomic E-state index is -0.595. The second-order valence-electron chi connectivity index (χ2n) is 6.54. The number of nitrogens with one attached hydrogen (secondary N) is 2. The molecule has 132 valence electrons. The van der Waals surface area contributed by atoms with Gasteiger partial charge >= 0.3 is 0 Å². The number of carbonyl (C=O) groups excluding carboxylic acids is 1. The Labute approximate surface area is 146 Å². The first kappa shape index (κ1) is 15.8. The molecule has 0 bridgehead atoms. The van der Waals surface area contributed by atoms with E-state index in [4.69, 9.17) is 9.47 Å². The number of carbonyl (C=O) groups is 1. The number of H-pyrrole nitrogens is 1. The highest BCUT2D eigenvalue weighted by Crippen LogP contribution is 2.31. The maximum absolute atomic E-state index is 12.5. The molecule has 2 aliphatic heterocycles. The van der Waals surface area contributed by atoms with Crippen molar-refractivity contribution in [3.05, 3.63) is 36.0 Å². The second-order valence-corrected chi connectivity index (χ2v) is 6.54. The fraction of sp³-hybridized carbons (Fsp3) is 0.444. The third-order valence-corrected chi connectivity index (χ3v) is 4.66. The molecule has 25 heavy (non-hydrogen) atoms. The molecule has 0 aliphatic carbocycles. The van der Waals surface area contributed by atoms with Crippen LogP contribution in [0.25, 0.3) is 0 Å². The highest BCUT2D eigenvalue weighted by atomic mass is 16.6. The predicted molar refractivity (Wildman–Crippen MR) is 93.1 cm³/mol. The van der Waals surface area contributed by atoms with Crippen LogP contribution in [0.3, 0.4) is 0 Å². The predicted octanol–water partition coefficient (Wildman–Crippen LogP) is 1.64. The normalized spacial score (nSPS) is 20.4. The molecule has 1 unspecified atom stereocenters. The molecule has 7 heteroatoms. The largest absolute Gasteiger partial charge is 0.485 e. The Balaban J connectivity index is 1.29. The molecule has 1 fully saturated rings. The summed E-state index contributed by atoms with van der Waals surface area (Å²) >= 11 is 0. The Hall–Kier alpha value is -2.70. The summed E-state index contributed by atoms with van der Waals surface area (Å²) < 4.78 is 11.4. The number of hydrogen-bond donors (Lipinski definition) is 2. The van der Waals surface area contributed by atoms with Gasteiger partial charge in [0.15, 0.2) is 17.3 Å². The molecule has 7 nitrogen and oxygen atoms in total. The topological polar surface area (TPSA) is 79.5 Å². The number of aromatic nitrogens is 2. The van der Waals surface area contributed by atoms with Gasteiger partial charge in [-0.05, 0) is 31.9 Å². The Bertz CT molecular complexity index is 752. The Morgan fingerprint density at radius 1 is 1.28 bits per heavy atom. The van der Waals surface area contributed by atoms with Crippen molar-refractivity contribution in [1.82, 2.24) is 15.5 Å². The Morgan fingerprint density at radius 3 is 2.76 bits per heavy atom. The zero-order valence-corrected chi connectivity index (χ0v) is 14.2. The van der Waals surface area contributed by atoms with Crippen molar-refractivity contribution in [2.24, 2.45) is 0 Å². The lowest BCUT2D eigenvalue weighted by atomic mass is 10.0. The molecule has 4 rings (SSSR count). The van der Waals surface area contributed by atoms with E-state index >= 15 is 0 Å². The van der Waals surface area contributed by atoms with Crippen LogP contribution in [0.4, 0.5) is 5.82 Å². The Kier molecular flexibility index (Phi) is 4.21. The molecule has 1 aromatic carbocycles. The second kappa shape index (κ2) is 6.66. The van der Waals surface area contributed by atoms with E-state index in [9.17, 15) is 4.79 Å². The van der Waals surface area contributed by atoms with Gasteiger partial charge in [-0.15, -0.1) is 0 Å². The molecule has 1 atom stereocenters. The maximum Gasteiger partial charge on any atom is 0.264 e. The number of nitrogens with zero attached hydrogens (tertiary/aromatic N) is 2. The third kappa shape index (κ3) is 3.40. The van der Waals surface area contributed by atoms with Gasteiger partial charge in [-0.3, -0.25) is 9.89 Å². The van der Waals surface area contributed by atoms with E-state index < -0.39 is 6.10 Å². The monoisotopic (exact) mass is 342 g/mol. The fourth-order valence-corrected chi connectivity index (χ4v) is 3.26. The van der Waals surface area contributed by atoms with E-state index in [0.29, 0.717) is 11.5 Å². The Morgan fingerprint density at radius 2 is 2.04 bits per heavy atom. The van der Waals surface area contributed by atoms with Gasteiger partial charge in [0, 0.05) is 30.9 Å². The summed E-state index contributed by atoms with van der Waals surface area (Å²) in [6.07, 6.45) is 1.19. The van der Waals surface area contributed by atoms with Crippen molar-refractivity contribution in [2.45, 2.75) is 31.9 Å². The molecule has 1 amide bonds. The summed E-state index contributed by atoms with van der Waals surface area (Å²) in [6.45, 7) is 3.99. The van der Waals surface area contributed by atoms with Gasteiger partial charge in [0.2, 0.25) is 6.10 Å². The van der Waals surface area contributed by atoms with Gasteiger partial charge in [-0.2, -0.15) is 5.10 Å². The first-order valence-corrected chi connectivity index (χ1v) is 8.65. The summed E-state index contributed by atoms with van der Waals surface area (Å²) in [7, 11) is 0. The van der Waals surface area contributed by atoms with E-state index in [2.05, 4.69) is 20.4 Å². The van der Waals surface area contributed by atoms with Crippen molar-refractivity contribution in [2.75, 3.05) is 24.6 Å². The minimum absolute atomic E-state index is 0.108. The summed E-state index contributed by atoms with van der Waals surface area (Å²) in [5, 5.41) is 10.4. The van der Waals surface area contributed by atoms with Crippen molar-refractivity contribution in [3.8, 4) is 11.5 Å². The van der Waals surface area contributed by atoms with Crippen LogP contribution >= 0.6 is 0 Å². The van der Waals surface area contributed by atoms with E-state index in [1.807, 2.05) is 37.3 Å². The van der Waals surface area contributed by atoms with Gasteiger partial charge in [-0.25, -0.2) is 0 Å². The average Bonchev–Trinajstić information content (AvgIpc) is 3.08. The SMILES string of the molecule is Cc1cc(N2CCC(NC(=O)C3COc4ccccc4O3)CC2)n[nH]1. The molecular weight excluding hydrogens is 320 g/mol. The summed E-state index contributed by atoms with van der Waals surface area (Å²) in [5.41, 5.74) is 1.06. The van der Waals surface area contributed by atoms with Crippen molar-refractivity contribution in [3.63, 3.8) is 0 Å². The lowest BCUT2D eigenvalue weighted by molar-refractivity contribution is -0.131. The highest BCUT2D eigenvalue weighted by Gasteiger charge is 2.30. The number of piperidine rings is 1. The zero-order chi connectivity index (χ0) is 17.2. The van der Waals surface area contributed by atoms with Gasteiger partial charge in [0.05, 0.1) is 0 Å². The molecule has 0 spiro atoms. The molecule has 1 aromatic heterocycles. The quantitative estimate of drug-likeness (QED) is 0.886. The van der Waals surface area contributed by atoms with Crippen LogP contribution in [0, 0.1) is 6.92 Å². The number of amides is 1. The van der Waals surface area contributed by atoms with E-state index in [0.717, 1.165) is 37.4 Å². The van der Waals surface area contributed by atoms with Crippen LogP contribution in [0.15, 0.2) is 30.3 Å². The molecule has 0 radical (unpaired) electrons. The fourth-order valence-electron chi connectivity index (χ4n) is 3.26. The number of fused-ring (bicyclic) bond motifs is 1. The smallest absolute Gasteiger partial charge is 0.264 e. The summed E-state index contributed by atoms with van der Waals surface area (Å²) in [5.74, 6) is 2.18. The first-order valence-electron chi connectivity index (χ1n) is 8.65. The van der Waals surface area contributed by atoms with Gasteiger partial charge in [-0.1, -0.05) is 12.1 Å². The molecule has 3 heterocycles. The van der Waals surface area contributed by atoms with Crippen molar-refractivity contribution < 1.29 is 14.3 Å². The number of aryl methyl sites for hydroxylation is 1. The maximum atomic E-state index is 12.5. The third-order valence-electron chi connectivity index (χ3n) is 4.66. The van der Waals surface area contributed by atoms with Gasteiger partial charge < -0.3 is 19.7 Å². The van der Waals surface area contributed by atoms with Crippen LogP contribution in [0.5, 0.6) is 11.5 Å².